The summed E-state index contributed by atoms with van der Waals surface area (Å²) in [5.41, 5.74) is 6.43. The average Bonchev–Trinajstić information content (AvgIpc) is 4.02. The minimum atomic E-state index is -4.78. The van der Waals surface area contributed by atoms with E-state index in [2.05, 4.69) is 104 Å². The standard InChI is InChI=1S/C57H36F6N4/c58-56(59,60)35-25-47-53(64-29-35)54-48(26-36(30-65-54)57(61,62)63)55(47)45-27-37(66-49-15-7-5-13-41(49)43-21-31-9-1-3-11-33(31)23-51(43)66)17-19-39(45)40-20-18-38(28-46(40)55)67-50-16-8-6-14-42(50)44-22-32-10-2-4-12-34(32)24-52(44)67/h1-21,23,25-26,28-30,32,34,45H,22,24,27H2. The van der Waals surface area contributed by atoms with E-state index in [1.54, 1.807) is 0 Å². The summed E-state index contributed by atoms with van der Waals surface area (Å²) in [7, 11) is 0. The van der Waals surface area contributed by atoms with Gasteiger partial charge in [-0.05, 0) is 130 Å². The number of aromatic nitrogens is 4. The summed E-state index contributed by atoms with van der Waals surface area (Å²) in [4.78, 5) is 8.91. The van der Waals surface area contributed by atoms with Crippen molar-refractivity contribution in [1.82, 2.24) is 19.1 Å². The first-order valence-electron chi connectivity index (χ1n) is 22.6. The maximum atomic E-state index is 15.0. The van der Waals surface area contributed by atoms with Crippen LogP contribution in [0.2, 0.25) is 0 Å². The lowest BCUT2D eigenvalue weighted by atomic mass is 9.65. The van der Waals surface area contributed by atoms with Crippen LogP contribution in [0.1, 0.15) is 51.1 Å². The second kappa shape index (κ2) is 13.3. The van der Waals surface area contributed by atoms with Crippen molar-refractivity contribution in [2.24, 2.45) is 17.8 Å². The summed E-state index contributed by atoms with van der Waals surface area (Å²) < 4.78 is 94.5. The van der Waals surface area contributed by atoms with Crippen molar-refractivity contribution >= 4 is 54.8 Å². The van der Waals surface area contributed by atoms with Crippen molar-refractivity contribution in [3.8, 4) is 17.1 Å². The Hall–Kier alpha value is -7.46. The van der Waals surface area contributed by atoms with E-state index in [0.29, 0.717) is 11.5 Å². The number of fused-ring (bicyclic) bond motifs is 18. The van der Waals surface area contributed by atoms with Crippen LogP contribution in [-0.2, 0) is 30.6 Å². The Balaban J connectivity index is 1.06. The first-order valence-corrected chi connectivity index (χ1v) is 22.6. The van der Waals surface area contributed by atoms with Gasteiger partial charge in [0.25, 0.3) is 0 Å². The molecule has 0 saturated heterocycles. The number of pyridine rings is 2. The van der Waals surface area contributed by atoms with Gasteiger partial charge in [0.2, 0.25) is 0 Å². The molecule has 9 aromatic rings. The molecule has 326 valence electrons. The highest BCUT2D eigenvalue weighted by molar-refractivity contribution is 6.14. The van der Waals surface area contributed by atoms with Crippen molar-refractivity contribution in [1.29, 1.82) is 0 Å². The molecule has 0 amide bonds. The van der Waals surface area contributed by atoms with Crippen LogP contribution in [0.3, 0.4) is 0 Å². The average molecular weight is 891 g/mol. The van der Waals surface area contributed by atoms with Gasteiger partial charge in [-0.1, -0.05) is 97.1 Å². The molecule has 0 bridgehead atoms. The third kappa shape index (κ3) is 5.26. The van der Waals surface area contributed by atoms with Gasteiger partial charge in [-0.25, -0.2) is 0 Å². The molecule has 4 nitrogen and oxygen atoms in total. The minimum Gasteiger partial charge on any atom is -0.313 e. The lowest BCUT2D eigenvalue weighted by Gasteiger charge is -2.37. The molecule has 3 unspecified atom stereocenters. The van der Waals surface area contributed by atoms with E-state index in [1.807, 2.05) is 54.6 Å². The Bertz CT molecular complexity index is 3740. The van der Waals surface area contributed by atoms with Gasteiger partial charge in [-0.2, -0.15) is 26.3 Å². The Kier molecular flexibility index (Phi) is 7.72. The zero-order chi connectivity index (χ0) is 45.1. The predicted molar refractivity (Wildman–Crippen MR) is 251 cm³/mol. The van der Waals surface area contributed by atoms with E-state index in [0.717, 1.165) is 109 Å². The van der Waals surface area contributed by atoms with Crippen LogP contribution in [0.5, 0.6) is 0 Å². The number of hydrogen-bond acceptors (Lipinski definition) is 2. The van der Waals surface area contributed by atoms with Gasteiger partial charge in [-0.15, -0.1) is 0 Å². The number of alkyl halides is 6. The summed E-state index contributed by atoms with van der Waals surface area (Å²) in [5.74, 6) is -0.0209. The monoisotopic (exact) mass is 890 g/mol. The zero-order valence-electron chi connectivity index (χ0n) is 35.5. The third-order valence-corrected chi connectivity index (χ3v) is 15.4. The smallest absolute Gasteiger partial charge is 0.313 e. The molecule has 4 heterocycles. The molecule has 0 N–H and O–H groups in total. The highest BCUT2D eigenvalue weighted by atomic mass is 19.4. The van der Waals surface area contributed by atoms with E-state index < -0.39 is 34.8 Å². The molecule has 0 radical (unpaired) electrons. The van der Waals surface area contributed by atoms with Gasteiger partial charge in [0.05, 0.1) is 44.5 Å². The molecule has 4 aromatic heterocycles. The Labute approximate surface area is 379 Å². The number of para-hydroxylation sites is 2. The molecule has 3 atom stereocenters. The number of rotatable bonds is 2. The topological polar surface area (TPSA) is 35.6 Å². The largest absolute Gasteiger partial charge is 0.417 e. The molecule has 14 rings (SSSR count). The maximum Gasteiger partial charge on any atom is 0.417 e. The van der Waals surface area contributed by atoms with Crippen LogP contribution < -0.4 is 0 Å². The summed E-state index contributed by atoms with van der Waals surface area (Å²) in [6, 6.07) is 37.3. The van der Waals surface area contributed by atoms with E-state index in [9.17, 15) is 0 Å². The van der Waals surface area contributed by atoms with Gasteiger partial charge in [0.1, 0.15) is 0 Å². The van der Waals surface area contributed by atoms with Crippen molar-refractivity contribution in [2.45, 2.75) is 37.0 Å². The molecular weight excluding hydrogens is 855 g/mol. The van der Waals surface area contributed by atoms with Crippen molar-refractivity contribution in [3.05, 3.63) is 209 Å². The van der Waals surface area contributed by atoms with E-state index in [4.69, 9.17) is 0 Å². The molecule has 5 aliphatic carbocycles. The third-order valence-electron chi connectivity index (χ3n) is 15.4. The molecule has 5 aliphatic rings. The van der Waals surface area contributed by atoms with E-state index >= 15 is 26.3 Å². The summed E-state index contributed by atoms with van der Waals surface area (Å²) in [6.45, 7) is 0. The van der Waals surface area contributed by atoms with Crippen LogP contribution >= 0.6 is 0 Å². The number of halogens is 6. The molecule has 0 saturated carbocycles. The zero-order valence-corrected chi connectivity index (χ0v) is 35.5. The summed E-state index contributed by atoms with van der Waals surface area (Å²) in [6.07, 6.45) is 6.76. The van der Waals surface area contributed by atoms with Crippen LogP contribution in [0.15, 0.2) is 164 Å². The van der Waals surface area contributed by atoms with Gasteiger partial charge < -0.3 is 9.13 Å². The van der Waals surface area contributed by atoms with Gasteiger partial charge >= 0.3 is 12.4 Å². The molecule has 67 heavy (non-hydrogen) atoms. The van der Waals surface area contributed by atoms with Gasteiger partial charge in [-0.3, -0.25) is 9.97 Å². The second-order valence-corrected chi connectivity index (χ2v) is 18.7. The van der Waals surface area contributed by atoms with Crippen LogP contribution in [-0.4, -0.2) is 19.1 Å². The van der Waals surface area contributed by atoms with Crippen LogP contribution in [0, 0.1) is 17.8 Å². The quantitative estimate of drug-likeness (QED) is 0.162. The maximum absolute atomic E-state index is 15.0. The minimum absolute atomic E-state index is 0.153. The van der Waals surface area contributed by atoms with Crippen molar-refractivity contribution in [3.63, 3.8) is 0 Å². The fraction of sp³-hybridized carbons (Fsp3) is 0.158. The Morgan fingerprint density at radius 1 is 0.537 bits per heavy atom. The SMILES string of the molecule is FC(F)(F)c1cnc2c(c1)C1(c3cc(-n4c5c(c6ccccc64)CC4C=CC=CC4C5)ccc3C3=CC=C(n4c5ccccc5c5cc6ccccc6cc54)CC31)c1cc(C(F)(F)F)cnc1-2. The van der Waals surface area contributed by atoms with E-state index in [-0.39, 0.29) is 34.9 Å². The molecule has 10 heteroatoms. The first-order chi connectivity index (χ1) is 32.5. The predicted octanol–water partition coefficient (Wildman–Crippen LogP) is 14.4. The molecule has 5 aromatic carbocycles. The highest BCUT2D eigenvalue weighted by Gasteiger charge is 2.59. The van der Waals surface area contributed by atoms with Crippen molar-refractivity contribution in [2.75, 3.05) is 0 Å². The van der Waals surface area contributed by atoms with Crippen LogP contribution in [0.25, 0.3) is 71.8 Å². The fourth-order valence-corrected chi connectivity index (χ4v) is 12.6. The normalized spacial score (nSPS) is 19.9. The molecule has 1 spiro atoms. The number of benzene rings is 5. The summed E-state index contributed by atoms with van der Waals surface area (Å²) >= 11 is 0. The Morgan fingerprint density at radius 2 is 1.15 bits per heavy atom. The van der Waals surface area contributed by atoms with Gasteiger partial charge in [0, 0.05) is 51.5 Å². The summed E-state index contributed by atoms with van der Waals surface area (Å²) in [5, 5.41) is 5.35. The van der Waals surface area contributed by atoms with Gasteiger partial charge in [0.15, 0.2) is 0 Å². The highest BCUT2D eigenvalue weighted by Crippen LogP contribution is 2.66. The molecule has 0 fully saturated rings. The lowest BCUT2D eigenvalue weighted by Crippen LogP contribution is -2.34. The number of allylic oxidation sites excluding steroid dienone is 8. The number of nitrogens with zero attached hydrogens (tertiary/aromatic N) is 4. The molecular formula is C57H36F6N4. The van der Waals surface area contributed by atoms with Crippen molar-refractivity contribution < 1.29 is 26.3 Å². The lowest BCUT2D eigenvalue weighted by molar-refractivity contribution is -0.138. The second-order valence-electron chi connectivity index (χ2n) is 18.7. The Morgan fingerprint density at radius 3 is 1.84 bits per heavy atom. The number of hydrogen-bond donors (Lipinski definition) is 0. The fourth-order valence-electron chi connectivity index (χ4n) is 12.6. The molecule has 0 aliphatic heterocycles. The van der Waals surface area contributed by atoms with E-state index in [1.165, 1.54) is 5.56 Å². The first kappa shape index (κ1) is 38.8. The van der Waals surface area contributed by atoms with Crippen LogP contribution in [0.4, 0.5) is 26.3 Å².